The first-order valence-electron chi connectivity index (χ1n) is 10.8. The Hall–Kier alpha value is -3.81. The Labute approximate surface area is 184 Å². The molecule has 3 atom stereocenters. The second-order valence-electron chi connectivity index (χ2n) is 8.53. The summed E-state index contributed by atoms with van der Waals surface area (Å²) in [5.41, 5.74) is 2.00. The first-order valence-corrected chi connectivity index (χ1v) is 10.8. The smallest absolute Gasteiger partial charge is 0.270 e. The lowest BCUT2D eigenvalue weighted by Gasteiger charge is -2.29. The number of fused-ring (bicyclic) bond motifs is 2. The molecule has 2 bridgehead atoms. The second kappa shape index (κ2) is 8.03. The molecule has 2 amide bonds. The van der Waals surface area contributed by atoms with Gasteiger partial charge in [0.25, 0.3) is 17.4 Å². The lowest BCUT2D eigenvalue weighted by atomic mass is 9.85. The molecule has 32 heavy (non-hydrogen) atoms. The van der Waals surface area contributed by atoms with E-state index in [4.69, 9.17) is 0 Å². The van der Waals surface area contributed by atoms with Gasteiger partial charge >= 0.3 is 0 Å². The standard InChI is InChI=1S/C24H24N4O4/c29-17-11-21(26-22(30)12-17)23(31)27-19-7-6-16-10-15(19)13-28(16)24(32)20-9-8-18(25-20)14-4-2-1-3-5-14/h1-5,8-9,11-12,15-16,19,25H,6-7,10,13H2,(H,27,31)(H2,26,29,30). The molecular weight excluding hydrogens is 408 g/mol. The number of carbonyl (C=O) groups is 2. The minimum absolute atomic E-state index is 0.0241. The van der Waals surface area contributed by atoms with Crippen molar-refractivity contribution in [2.75, 3.05) is 6.54 Å². The molecule has 2 aliphatic rings. The van der Waals surface area contributed by atoms with Crippen molar-refractivity contribution in [1.29, 1.82) is 0 Å². The number of hydrogen-bond acceptors (Lipinski definition) is 4. The predicted molar refractivity (Wildman–Crippen MR) is 118 cm³/mol. The minimum atomic E-state index is -0.530. The van der Waals surface area contributed by atoms with Gasteiger partial charge in [-0.15, -0.1) is 0 Å². The zero-order valence-electron chi connectivity index (χ0n) is 17.4. The predicted octanol–water partition coefficient (Wildman–Crippen LogP) is 2.50. The highest BCUT2D eigenvalue weighted by molar-refractivity contribution is 5.94. The number of amides is 2. The average molecular weight is 432 g/mol. The summed E-state index contributed by atoms with van der Waals surface area (Å²) in [6, 6.07) is 15.9. The minimum Gasteiger partial charge on any atom is -0.508 e. The molecule has 1 aliphatic heterocycles. The van der Waals surface area contributed by atoms with E-state index in [1.54, 1.807) is 0 Å². The fraction of sp³-hybridized carbons (Fsp3) is 0.292. The van der Waals surface area contributed by atoms with Crippen LogP contribution in [0.4, 0.5) is 0 Å². The Morgan fingerprint density at radius 2 is 1.81 bits per heavy atom. The third-order valence-electron chi connectivity index (χ3n) is 6.48. The third-order valence-corrected chi connectivity index (χ3v) is 6.48. The van der Waals surface area contributed by atoms with Crippen molar-refractivity contribution in [3.8, 4) is 17.0 Å². The highest BCUT2D eigenvalue weighted by atomic mass is 16.3. The molecule has 0 radical (unpaired) electrons. The summed E-state index contributed by atoms with van der Waals surface area (Å²) in [6.45, 7) is 0.574. The van der Waals surface area contributed by atoms with Crippen LogP contribution in [-0.2, 0) is 0 Å². The molecule has 1 aromatic carbocycles. The lowest BCUT2D eigenvalue weighted by molar-refractivity contribution is 0.0727. The van der Waals surface area contributed by atoms with Gasteiger partial charge in [-0.1, -0.05) is 30.3 Å². The zero-order valence-corrected chi connectivity index (χ0v) is 17.4. The second-order valence-corrected chi connectivity index (χ2v) is 8.53. The molecule has 8 nitrogen and oxygen atoms in total. The normalized spacial score (nSPS) is 22.0. The van der Waals surface area contributed by atoms with E-state index in [1.165, 1.54) is 6.07 Å². The first kappa shape index (κ1) is 20.1. The highest BCUT2D eigenvalue weighted by Gasteiger charge is 2.43. The Kier molecular flexibility index (Phi) is 5.05. The fourth-order valence-electron chi connectivity index (χ4n) is 4.92. The van der Waals surface area contributed by atoms with Gasteiger partial charge in [-0.3, -0.25) is 14.4 Å². The number of aromatic hydroxyl groups is 1. The molecule has 4 N–H and O–H groups in total. The van der Waals surface area contributed by atoms with Crippen LogP contribution in [0.15, 0.2) is 59.4 Å². The van der Waals surface area contributed by atoms with Gasteiger partial charge in [0, 0.05) is 36.5 Å². The molecule has 3 heterocycles. The van der Waals surface area contributed by atoms with Gasteiger partial charge in [0.05, 0.1) is 0 Å². The third kappa shape index (κ3) is 3.79. The summed E-state index contributed by atoms with van der Waals surface area (Å²) in [7, 11) is 0. The molecule has 164 valence electrons. The van der Waals surface area contributed by atoms with Crippen LogP contribution in [0.2, 0.25) is 0 Å². The zero-order chi connectivity index (χ0) is 22.2. The summed E-state index contributed by atoms with van der Waals surface area (Å²) in [6.07, 6.45) is 2.39. The Bertz CT molecular complexity index is 1220. The fourth-order valence-corrected chi connectivity index (χ4v) is 4.92. The van der Waals surface area contributed by atoms with E-state index in [0.29, 0.717) is 12.2 Å². The van der Waals surface area contributed by atoms with Crippen molar-refractivity contribution in [3.05, 3.63) is 76.3 Å². The van der Waals surface area contributed by atoms with E-state index in [2.05, 4.69) is 15.3 Å². The summed E-state index contributed by atoms with van der Waals surface area (Å²) in [5.74, 6) is -0.553. The number of nitrogens with zero attached hydrogens (tertiary/aromatic N) is 1. The van der Waals surface area contributed by atoms with Crippen LogP contribution in [0.3, 0.4) is 0 Å². The molecule has 3 unspecified atom stereocenters. The van der Waals surface area contributed by atoms with E-state index in [9.17, 15) is 19.5 Å². The molecule has 2 fully saturated rings. The largest absolute Gasteiger partial charge is 0.508 e. The summed E-state index contributed by atoms with van der Waals surface area (Å²) >= 11 is 0. The van der Waals surface area contributed by atoms with Crippen LogP contribution < -0.4 is 10.9 Å². The number of aromatic amines is 2. The molecule has 2 aromatic heterocycles. The molecule has 0 spiro atoms. The van der Waals surface area contributed by atoms with E-state index < -0.39 is 11.5 Å². The van der Waals surface area contributed by atoms with Gasteiger partial charge in [-0.2, -0.15) is 0 Å². The number of H-pyrrole nitrogens is 2. The summed E-state index contributed by atoms with van der Waals surface area (Å²) in [4.78, 5) is 44.9. The molecule has 1 saturated carbocycles. The monoisotopic (exact) mass is 432 g/mol. The number of pyridine rings is 1. The number of aromatic nitrogens is 2. The van der Waals surface area contributed by atoms with Crippen LogP contribution in [0.25, 0.3) is 11.3 Å². The van der Waals surface area contributed by atoms with Crippen LogP contribution in [0.1, 0.15) is 40.2 Å². The summed E-state index contributed by atoms with van der Waals surface area (Å²) in [5, 5.41) is 12.6. The quantitative estimate of drug-likeness (QED) is 0.507. The van der Waals surface area contributed by atoms with Crippen molar-refractivity contribution in [2.24, 2.45) is 5.92 Å². The van der Waals surface area contributed by atoms with Crippen LogP contribution in [0.5, 0.6) is 5.75 Å². The van der Waals surface area contributed by atoms with E-state index in [1.807, 2.05) is 47.4 Å². The average Bonchev–Trinajstić information content (AvgIpc) is 3.41. The van der Waals surface area contributed by atoms with Gasteiger partial charge in [0.2, 0.25) is 0 Å². The van der Waals surface area contributed by atoms with Gasteiger partial charge < -0.3 is 25.3 Å². The highest BCUT2D eigenvalue weighted by Crippen LogP contribution is 2.37. The maximum Gasteiger partial charge on any atom is 0.270 e. The van der Waals surface area contributed by atoms with Gasteiger partial charge in [0.1, 0.15) is 17.1 Å². The maximum atomic E-state index is 13.2. The van der Waals surface area contributed by atoms with Crippen LogP contribution >= 0.6 is 0 Å². The SMILES string of the molecule is O=C(NC1CCC2CC1CN2C(=O)c1ccc(-c2ccccc2)[nH]1)c1cc(O)cc(=O)[nH]1. The van der Waals surface area contributed by atoms with Crippen molar-refractivity contribution in [3.63, 3.8) is 0 Å². The van der Waals surface area contributed by atoms with E-state index in [-0.39, 0.29) is 35.4 Å². The molecule has 1 aliphatic carbocycles. The van der Waals surface area contributed by atoms with Crippen molar-refractivity contribution in [2.45, 2.75) is 31.3 Å². The Balaban J connectivity index is 1.27. The number of likely N-dealkylation sites (tertiary alicyclic amines) is 1. The Morgan fingerprint density at radius 3 is 2.59 bits per heavy atom. The molecule has 8 heteroatoms. The number of rotatable bonds is 4. The molecular formula is C24H24N4O4. The first-order chi connectivity index (χ1) is 15.5. The molecule has 5 rings (SSSR count). The maximum absolute atomic E-state index is 13.2. The van der Waals surface area contributed by atoms with Gasteiger partial charge in [-0.25, -0.2) is 0 Å². The number of hydrogen-bond donors (Lipinski definition) is 4. The molecule has 3 aromatic rings. The number of benzene rings is 1. The van der Waals surface area contributed by atoms with Gasteiger partial charge in [0.15, 0.2) is 0 Å². The lowest BCUT2D eigenvalue weighted by Crippen LogP contribution is -2.43. The summed E-state index contributed by atoms with van der Waals surface area (Å²) < 4.78 is 0. The number of carbonyl (C=O) groups excluding carboxylic acids is 2. The van der Waals surface area contributed by atoms with Crippen LogP contribution in [0, 0.1) is 5.92 Å². The van der Waals surface area contributed by atoms with E-state index >= 15 is 0 Å². The van der Waals surface area contributed by atoms with Crippen molar-refractivity contribution in [1.82, 2.24) is 20.2 Å². The Morgan fingerprint density at radius 1 is 1.00 bits per heavy atom. The van der Waals surface area contributed by atoms with E-state index in [0.717, 1.165) is 36.6 Å². The van der Waals surface area contributed by atoms with Crippen molar-refractivity contribution < 1.29 is 14.7 Å². The molecule has 1 saturated heterocycles. The van der Waals surface area contributed by atoms with Gasteiger partial charge in [-0.05, 0) is 42.9 Å². The number of nitrogens with one attached hydrogen (secondary N) is 3. The van der Waals surface area contributed by atoms with Crippen molar-refractivity contribution >= 4 is 11.8 Å². The van der Waals surface area contributed by atoms with Crippen LogP contribution in [-0.4, -0.2) is 50.4 Å². The topological polar surface area (TPSA) is 118 Å².